The number of aliphatic hydroxyl groups excluding tert-OH is 1. The van der Waals surface area contributed by atoms with Gasteiger partial charge < -0.3 is 34.7 Å². The van der Waals surface area contributed by atoms with E-state index in [9.17, 15) is 27.9 Å². The minimum absolute atomic E-state index is 0.00823. The van der Waals surface area contributed by atoms with Crippen molar-refractivity contribution in [3.63, 3.8) is 0 Å². The summed E-state index contributed by atoms with van der Waals surface area (Å²) in [5.41, 5.74) is 0.973. The second-order valence-corrected chi connectivity index (χ2v) is 8.45. The maximum Gasteiger partial charge on any atom is 0.471 e. The van der Waals surface area contributed by atoms with Crippen molar-refractivity contribution in [1.82, 2.24) is 24.8 Å². The number of hydrogen-bond donors (Lipinski definition) is 3. The minimum atomic E-state index is -4.96. The average Bonchev–Trinajstić information content (AvgIpc) is 3.53. The third-order valence-electron chi connectivity index (χ3n) is 5.72. The Morgan fingerprint density at radius 3 is 2.67 bits per heavy atom. The van der Waals surface area contributed by atoms with Gasteiger partial charge in [0.25, 0.3) is 5.91 Å². The third-order valence-corrected chi connectivity index (χ3v) is 5.72. The summed E-state index contributed by atoms with van der Waals surface area (Å²) in [6.45, 7) is -1.02. The first-order valence-electron chi connectivity index (χ1n) is 12.7. The summed E-state index contributed by atoms with van der Waals surface area (Å²) >= 11 is 0. The molecule has 3 aromatic rings. The minimum Gasteiger partial charge on any atom is -0.388 e. The normalized spacial score (nSPS) is 21.4. The zero-order chi connectivity index (χ0) is 29.4. The van der Waals surface area contributed by atoms with Gasteiger partial charge in [-0.3, -0.25) is 14.2 Å². The Kier molecular flexibility index (Phi) is 9.12. The number of benzene rings is 1. The van der Waals surface area contributed by atoms with Gasteiger partial charge in [0.2, 0.25) is 0 Å². The van der Waals surface area contributed by atoms with Crippen LogP contribution in [0.25, 0.3) is 11.2 Å². The van der Waals surface area contributed by atoms with Crippen LogP contribution in [0.1, 0.15) is 24.9 Å². The maximum atomic E-state index is 12.6. The molecule has 1 aliphatic rings. The lowest BCUT2D eigenvalue weighted by molar-refractivity contribution is -0.173. The van der Waals surface area contributed by atoms with Crippen LogP contribution >= 0.6 is 0 Å². The first-order chi connectivity index (χ1) is 19.7. The van der Waals surface area contributed by atoms with Crippen LogP contribution in [0.5, 0.6) is 0 Å². The Balaban J connectivity index is 1.33. The molecule has 1 aromatic carbocycles. The molecule has 2 aromatic heterocycles. The van der Waals surface area contributed by atoms with E-state index < -0.39 is 42.5 Å². The molecule has 1 aliphatic heterocycles. The van der Waals surface area contributed by atoms with E-state index in [4.69, 9.17) is 20.3 Å². The molecule has 0 aliphatic carbocycles. The highest BCUT2D eigenvalue weighted by molar-refractivity contribution is 6.06. The van der Waals surface area contributed by atoms with E-state index >= 15 is 0 Å². The number of fused-ring (bicyclic) bond motifs is 1. The molecule has 4 atom stereocenters. The highest BCUT2D eigenvalue weighted by Crippen LogP contribution is 2.34. The number of rotatable bonds is 12. The number of halogens is 3. The molecular formula is C24H27F3N6O7. The van der Waals surface area contributed by atoms with E-state index in [1.165, 1.54) is 17.2 Å². The number of nitrogens with zero attached hydrogens (tertiary/aromatic N) is 4. The van der Waals surface area contributed by atoms with Crippen molar-refractivity contribution in [1.29, 1.82) is 0 Å². The number of hydrogen-bond acceptors (Lipinski definition) is 10. The fourth-order valence-corrected chi connectivity index (χ4v) is 3.76. The lowest BCUT2D eigenvalue weighted by atomic mass is 10.1. The lowest BCUT2D eigenvalue weighted by Gasteiger charge is -2.22. The van der Waals surface area contributed by atoms with Gasteiger partial charge in [-0.1, -0.05) is 18.2 Å². The van der Waals surface area contributed by atoms with Gasteiger partial charge in [0.05, 0.1) is 32.3 Å². The van der Waals surface area contributed by atoms with Crippen LogP contribution in [0.4, 0.5) is 19.0 Å². The molecule has 2 amide bonds. The van der Waals surface area contributed by atoms with E-state index in [-0.39, 0.29) is 57.0 Å². The molecule has 0 radical (unpaired) electrons. The molecule has 0 unspecified atom stereocenters. The molecule has 4 rings (SSSR count). The predicted octanol–water partition coefficient (Wildman–Crippen LogP) is 1.41. The van der Waals surface area contributed by atoms with Gasteiger partial charge in [-0.2, -0.15) is 13.2 Å². The van der Waals surface area contributed by atoms with Crippen molar-refractivity contribution >= 4 is 28.8 Å². The number of aliphatic hydroxyl groups is 1. The molecule has 0 bridgehead atoms. The monoisotopic (exact) mass is 569 g/mol. The van der Waals surface area contributed by atoms with E-state index in [2.05, 4.69) is 20.3 Å². The van der Waals surface area contributed by atoms with Gasteiger partial charge in [0, 0.05) is 13.5 Å². The van der Waals surface area contributed by atoms with E-state index in [0.29, 0.717) is 5.56 Å². The van der Waals surface area contributed by atoms with Crippen LogP contribution in [-0.4, -0.2) is 94.1 Å². The van der Waals surface area contributed by atoms with Crippen LogP contribution in [0.2, 0.25) is 0 Å². The smallest absolute Gasteiger partial charge is 0.388 e. The number of alkyl halides is 3. The highest BCUT2D eigenvalue weighted by Gasteiger charge is 2.44. The number of ether oxygens (including phenoxy) is 4. The van der Waals surface area contributed by atoms with Gasteiger partial charge in [0.1, 0.15) is 25.3 Å². The topological polar surface area (TPSA) is 159 Å². The zero-order valence-corrected chi connectivity index (χ0v) is 20.9. The molecule has 13 nitrogen and oxygen atoms in total. The number of anilines is 1. The molecule has 40 heavy (non-hydrogen) atoms. The highest BCUT2D eigenvalue weighted by atomic mass is 19.4. The van der Waals surface area contributed by atoms with Crippen LogP contribution in [0.3, 0.4) is 0 Å². The summed E-state index contributed by atoms with van der Waals surface area (Å²) in [6, 6.07) is 8.54. The van der Waals surface area contributed by atoms with Crippen LogP contribution in [-0.2, 0) is 23.7 Å². The lowest BCUT2D eigenvalue weighted by Crippen LogP contribution is -2.38. The van der Waals surface area contributed by atoms with E-state index in [1.807, 2.05) is 0 Å². The average molecular weight is 570 g/mol. The second-order valence-electron chi connectivity index (χ2n) is 8.45. The molecule has 16 heteroatoms. The fraction of sp³-hybridized carbons (Fsp3) is 0.458. The molecular weight excluding hydrogens is 541 g/mol. The third kappa shape index (κ3) is 7.08. The Morgan fingerprint density at radius 2 is 1.93 bits per heavy atom. The fourth-order valence-electron chi connectivity index (χ4n) is 3.76. The molecule has 0 spiro atoms. The summed E-state index contributed by atoms with van der Waals surface area (Å²) in [6.07, 6.45) is -6.33. The molecule has 0 saturated carbocycles. The van der Waals surface area contributed by atoms with Gasteiger partial charge in [-0.05, 0) is 19.0 Å². The van der Waals surface area contributed by atoms with Crippen LogP contribution < -0.4 is 10.6 Å². The van der Waals surface area contributed by atoms with Gasteiger partial charge in [0.15, 0.2) is 23.2 Å². The summed E-state index contributed by atoms with van der Waals surface area (Å²) < 4.78 is 67.6. The van der Waals surface area contributed by atoms with Crippen LogP contribution in [0, 0.1) is 0 Å². The van der Waals surface area contributed by atoms with Crippen molar-refractivity contribution in [2.75, 3.05) is 38.5 Å². The molecule has 1 saturated heterocycles. The van der Waals surface area contributed by atoms with Gasteiger partial charge in [-0.25, -0.2) is 15.0 Å². The maximum absolute atomic E-state index is 12.6. The van der Waals surface area contributed by atoms with Crippen LogP contribution in [0.15, 0.2) is 43.0 Å². The number of carbonyl (C=O) groups excluding carboxylic acids is 2. The van der Waals surface area contributed by atoms with Crippen molar-refractivity contribution in [2.45, 2.75) is 37.6 Å². The Labute approximate surface area is 227 Å². The molecule has 3 N–H and O–H groups in total. The van der Waals surface area contributed by atoms with Crippen molar-refractivity contribution in [3.05, 3.63) is 48.5 Å². The Bertz CT molecular complexity index is 1320. The van der Waals surface area contributed by atoms with Gasteiger partial charge >= 0.3 is 12.1 Å². The van der Waals surface area contributed by atoms with E-state index in [0.717, 1.165) is 0 Å². The SMILES string of the molecule is [2H]C[C@H]1O[C@@H](n2cnc3c(NC(=O)c4ccccc4)ncnc32)[C@H](OCOCCOCCNC(=O)C(F)(F)F)[C@@H]1O. The Morgan fingerprint density at radius 1 is 1.15 bits per heavy atom. The number of aromatic nitrogens is 4. The quantitative estimate of drug-likeness (QED) is 0.215. The standard InChI is InChI=1S/C24H27F3N6O7/c1-14-17(34)18(39-13-38-10-9-37-8-7-28-23(36)24(25,26)27)22(40-14)33-12-31-16-19(29-11-30-20(16)33)32-21(35)15-5-3-2-4-6-15/h2-6,11-12,14,17-18,22,34H,7-10,13H2,1H3,(H,28,36)(H,29,30,32,35)/t14-,17-,18-,22-/m1/s1/i1D. The van der Waals surface area contributed by atoms with Crippen molar-refractivity contribution in [3.8, 4) is 0 Å². The molecule has 3 heterocycles. The first-order valence-corrected chi connectivity index (χ1v) is 12.0. The number of imidazole rings is 1. The summed E-state index contributed by atoms with van der Waals surface area (Å²) in [7, 11) is 0. The van der Waals surface area contributed by atoms with Crippen molar-refractivity contribution in [2.24, 2.45) is 0 Å². The van der Waals surface area contributed by atoms with Gasteiger partial charge in [-0.15, -0.1) is 0 Å². The summed E-state index contributed by atoms with van der Waals surface area (Å²) in [5.74, 6) is -2.28. The summed E-state index contributed by atoms with van der Waals surface area (Å²) in [4.78, 5) is 36.0. The number of nitrogens with one attached hydrogen (secondary N) is 2. The summed E-state index contributed by atoms with van der Waals surface area (Å²) in [5, 5.41) is 15.1. The molecule has 216 valence electrons. The number of amides is 2. The van der Waals surface area contributed by atoms with Crippen molar-refractivity contribution < 1.29 is 48.2 Å². The second kappa shape index (κ2) is 13.1. The predicted molar refractivity (Wildman–Crippen MR) is 131 cm³/mol. The first kappa shape index (κ1) is 27.9. The Hall–Kier alpha value is -3.70. The number of carbonyl (C=O) groups is 2. The largest absolute Gasteiger partial charge is 0.471 e. The molecule has 1 fully saturated rings. The zero-order valence-electron chi connectivity index (χ0n) is 21.9. The van der Waals surface area contributed by atoms with E-state index in [1.54, 1.807) is 35.6 Å².